The molecular formula is C24H23N5OS2. The Labute approximate surface area is 195 Å². The van der Waals surface area contributed by atoms with Crippen LogP contribution in [0.15, 0.2) is 65.5 Å². The molecule has 162 valence electrons. The van der Waals surface area contributed by atoms with E-state index in [1.165, 1.54) is 17.3 Å². The molecule has 1 amide bonds. The van der Waals surface area contributed by atoms with E-state index in [0.29, 0.717) is 5.75 Å². The normalized spacial score (nSPS) is 14.2. The smallest absolute Gasteiger partial charge is 0.233 e. The second kappa shape index (κ2) is 9.26. The van der Waals surface area contributed by atoms with Gasteiger partial charge in [-0.3, -0.25) is 9.78 Å². The number of rotatable bonds is 5. The van der Waals surface area contributed by atoms with Crippen LogP contribution in [0.5, 0.6) is 0 Å². The minimum Gasteiger partial charge on any atom is -0.368 e. The fourth-order valence-corrected chi connectivity index (χ4v) is 5.79. The van der Waals surface area contributed by atoms with Gasteiger partial charge in [-0.2, -0.15) is 0 Å². The van der Waals surface area contributed by atoms with Gasteiger partial charge in [-0.15, -0.1) is 11.3 Å². The summed E-state index contributed by atoms with van der Waals surface area (Å²) in [6, 6.07) is 12.5. The predicted octanol–water partition coefficient (Wildman–Crippen LogP) is 4.50. The van der Waals surface area contributed by atoms with E-state index in [4.69, 9.17) is 0 Å². The van der Waals surface area contributed by atoms with Crippen LogP contribution in [0.3, 0.4) is 0 Å². The van der Waals surface area contributed by atoms with E-state index in [0.717, 1.165) is 58.2 Å². The van der Waals surface area contributed by atoms with Gasteiger partial charge >= 0.3 is 0 Å². The van der Waals surface area contributed by atoms with Gasteiger partial charge in [0.2, 0.25) is 5.91 Å². The van der Waals surface area contributed by atoms with Gasteiger partial charge in [0.05, 0.1) is 11.1 Å². The highest BCUT2D eigenvalue weighted by atomic mass is 32.2. The molecule has 1 aliphatic heterocycles. The molecular weight excluding hydrogens is 438 g/mol. The van der Waals surface area contributed by atoms with Crippen LogP contribution in [0.25, 0.3) is 21.3 Å². The Morgan fingerprint density at radius 3 is 2.53 bits per heavy atom. The van der Waals surface area contributed by atoms with Gasteiger partial charge in [0.25, 0.3) is 0 Å². The molecule has 1 fully saturated rings. The van der Waals surface area contributed by atoms with E-state index in [-0.39, 0.29) is 5.91 Å². The van der Waals surface area contributed by atoms with Gasteiger partial charge in [0.15, 0.2) is 0 Å². The van der Waals surface area contributed by atoms with Crippen molar-refractivity contribution in [3.05, 3.63) is 66.1 Å². The van der Waals surface area contributed by atoms with E-state index in [2.05, 4.69) is 56.4 Å². The average Bonchev–Trinajstić information content (AvgIpc) is 3.28. The second-order valence-electron chi connectivity index (χ2n) is 7.74. The van der Waals surface area contributed by atoms with Crippen molar-refractivity contribution in [2.75, 3.05) is 36.8 Å². The molecule has 0 saturated carbocycles. The van der Waals surface area contributed by atoms with E-state index < -0.39 is 0 Å². The van der Waals surface area contributed by atoms with Gasteiger partial charge < -0.3 is 9.80 Å². The zero-order chi connectivity index (χ0) is 21.9. The first-order chi connectivity index (χ1) is 15.7. The summed E-state index contributed by atoms with van der Waals surface area (Å²) in [5.41, 5.74) is 4.67. The number of thiophene rings is 1. The molecule has 0 bridgehead atoms. The average molecular weight is 462 g/mol. The number of hydrogen-bond donors (Lipinski definition) is 0. The summed E-state index contributed by atoms with van der Waals surface area (Å²) in [4.78, 5) is 31.2. The monoisotopic (exact) mass is 461 g/mol. The summed E-state index contributed by atoms with van der Waals surface area (Å²) in [7, 11) is 0. The number of benzene rings is 1. The van der Waals surface area contributed by atoms with Crippen LogP contribution in [-0.4, -0.2) is 57.7 Å². The van der Waals surface area contributed by atoms with Crippen LogP contribution in [0.4, 0.5) is 5.69 Å². The molecule has 3 aromatic heterocycles. The number of pyridine rings is 1. The van der Waals surface area contributed by atoms with E-state index >= 15 is 0 Å². The maximum Gasteiger partial charge on any atom is 0.233 e. The molecule has 4 heterocycles. The predicted molar refractivity (Wildman–Crippen MR) is 131 cm³/mol. The van der Waals surface area contributed by atoms with Crippen LogP contribution in [0, 0.1) is 6.92 Å². The number of amides is 1. The molecule has 1 aliphatic rings. The van der Waals surface area contributed by atoms with Crippen molar-refractivity contribution in [3.8, 4) is 11.1 Å². The molecule has 0 atom stereocenters. The maximum atomic E-state index is 12.9. The largest absolute Gasteiger partial charge is 0.368 e. The zero-order valence-electron chi connectivity index (χ0n) is 17.8. The summed E-state index contributed by atoms with van der Waals surface area (Å²) in [6.07, 6.45) is 5.21. The molecule has 0 N–H and O–H groups in total. The first-order valence-electron chi connectivity index (χ1n) is 10.5. The third kappa shape index (κ3) is 4.33. The fraction of sp³-hybridized carbons (Fsp3) is 0.250. The Hall–Kier alpha value is -2.97. The molecule has 4 aromatic rings. The van der Waals surface area contributed by atoms with Gasteiger partial charge in [-0.25, -0.2) is 9.97 Å². The number of nitrogens with zero attached hydrogens (tertiary/aromatic N) is 5. The summed E-state index contributed by atoms with van der Waals surface area (Å²) in [5, 5.41) is 4.05. The number of carbonyl (C=O) groups excluding carboxylic acids is 1. The lowest BCUT2D eigenvalue weighted by molar-refractivity contribution is -0.128. The summed E-state index contributed by atoms with van der Waals surface area (Å²) in [5.74, 6) is 0.535. The zero-order valence-corrected chi connectivity index (χ0v) is 19.4. The van der Waals surface area contributed by atoms with Gasteiger partial charge in [0, 0.05) is 55.2 Å². The van der Waals surface area contributed by atoms with Gasteiger partial charge in [-0.1, -0.05) is 41.6 Å². The number of aromatic nitrogens is 3. The van der Waals surface area contributed by atoms with Crippen LogP contribution < -0.4 is 4.90 Å². The number of aryl methyl sites for hydroxylation is 1. The first-order valence-corrected chi connectivity index (χ1v) is 12.4. The SMILES string of the molecule is Cc1ccc(-c2csc3ncnc(SCC(=O)N4CCN(c5ccncc5)CC4)c23)cc1. The van der Waals surface area contributed by atoms with Gasteiger partial charge in [0.1, 0.15) is 16.2 Å². The highest BCUT2D eigenvalue weighted by molar-refractivity contribution is 8.00. The van der Waals surface area contributed by atoms with Crippen molar-refractivity contribution in [2.45, 2.75) is 11.9 Å². The first kappa shape index (κ1) is 20.9. The lowest BCUT2D eigenvalue weighted by Gasteiger charge is -2.36. The Morgan fingerprint density at radius 2 is 1.78 bits per heavy atom. The molecule has 8 heteroatoms. The number of thioether (sulfide) groups is 1. The second-order valence-corrected chi connectivity index (χ2v) is 9.56. The minimum atomic E-state index is 0.156. The van der Waals surface area contributed by atoms with Gasteiger partial charge in [-0.05, 0) is 24.6 Å². The van der Waals surface area contributed by atoms with Crippen LogP contribution in [0.1, 0.15) is 5.56 Å². The highest BCUT2D eigenvalue weighted by Gasteiger charge is 2.22. The number of hydrogen-bond acceptors (Lipinski definition) is 7. The maximum absolute atomic E-state index is 12.9. The third-order valence-electron chi connectivity index (χ3n) is 5.69. The molecule has 0 aliphatic carbocycles. The minimum absolute atomic E-state index is 0.156. The summed E-state index contributed by atoms with van der Waals surface area (Å²) < 4.78 is 0. The molecule has 5 rings (SSSR count). The lowest BCUT2D eigenvalue weighted by atomic mass is 10.1. The van der Waals surface area contributed by atoms with E-state index in [9.17, 15) is 4.79 Å². The van der Waals surface area contributed by atoms with Crippen LogP contribution >= 0.6 is 23.1 Å². The quantitative estimate of drug-likeness (QED) is 0.322. The molecule has 0 spiro atoms. The van der Waals surface area contributed by atoms with Crippen molar-refractivity contribution >= 4 is 44.9 Å². The van der Waals surface area contributed by atoms with Crippen LogP contribution in [0.2, 0.25) is 0 Å². The Kier molecular flexibility index (Phi) is 6.05. The number of fused-ring (bicyclic) bond motifs is 1. The molecule has 6 nitrogen and oxygen atoms in total. The molecule has 1 aromatic carbocycles. The summed E-state index contributed by atoms with van der Waals surface area (Å²) >= 11 is 3.13. The van der Waals surface area contributed by atoms with Crippen molar-refractivity contribution in [1.29, 1.82) is 0 Å². The molecule has 0 radical (unpaired) electrons. The van der Waals surface area contributed by atoms with Crippen LogP contribution in [-0.2, 0) is 4.79 Å². The standard InChI is InChI=1S/C24H23N5OS2/c1-17-2-4-18(5-3-17)20-14-31-23-22(20)24(27-16-26-23)32-15-21(30)29-12-10-28(11-13-29)19-6-8-25-9-7-19/h2-9,14,16H,10-13,15H2,1H3. The Balaban J connectivity index is 1.27. The van der Waals surface area contributed by atoms with Crippen molar-refractivity contribution in [3.63, 3.8) is 0 Å². The van der Waals surface area contributed by atoms with Crippen molar-refractivity contribution in [2.24, 2.45) is 0 Å². The highest BCUT2D eigenvalue weighted by Crippen LogP contribution is 2.38. The Bertz CT molecular complexity index is 1220. The fourth-order valence-electron chi connectivity index (χ4n) is 3.89. The number of piperazine rings is 1. The molecule has 1 saturated heterocycles. The number of anilines is 1. The third-order valence-corrected chi connectivity index (χ3v) is 7.55. The summed E-state index contributed by atoms with van der Waals surface area (Å²) in [6.45, 7) is 5.21. The molecule has 32 heavy (non-hydrogen) atoms. The lowest BCUT2D eigenvalue weighted by Crippen LogP contribution is -2.49. The van der Waals surface area contributed by atoms with Crippen molar-refractivity contribution in [1.82, 2.24) is 19.9 Å². The molecule has 0 unspecified atom stereocenters. The topological polar surface area (TPSA) is 62.2 Å². The Morgan fingerprint density at radius 1 is 1.03 bits per heavy atom. The van der Waals surface area contributed by atoms with E-state index in [1.54, 1.807) is 30.1 Å². The van der Waals surface area contributed by atoms with Crippen molar-refractivity contribution < 1.29 is 4.79 Å². The van der Waals surface area contributed by atoms with E-state index in [1.807, 2.05) is 17.0 Å². The number of carbonyl (C=O) groups is 1.